The van der Waals surface area contributed by atoms with E-state index in [0.29, 0.717) is 28.9 Å². The van der Waals surface area contributed by atoms with Crippen LogP contribution in [0.5, 0.6) is 5.75 Å². The molecule has 0 aliphatic heterocycles. The molecule has 28 heavy (non-hydrogen) atoms. The van der Waals surface area contributed by atoms with Crippen molar-refractivity contribution in [2.75, 3.05) is 20.6 Å². The molecule has 0 fully saturated rings. The van der Waals surface area contributed by atoms with Gasteiger partial charge >= 0.3 is 6.61 Å². The number of aryl methyl sites for hydroxylation is 2. The molecule has 0 bridgehead atoms. The third-order valence-electron chi connectivity index (χ3n) is 3.63. The van der Waals surface area contributed by atoms with Crippen LogP contribution in [0, 0.1) is 12.3 Å². The molecular weight excluding hydrogens is 407 g/mol. The number of halogens is 4. The summed E-state index contributed by atoms with van der Waals surface area (Å²) in [4.78, 5) is 5.93. The Morgan fingerprint density at radius 1 is 1.25 bits per heavy atom. The van der Waals surface area contributed by atoms with Crippen LogP contribution < -0.4 is 4.74 Å². The number of rotatable bonds is 7. The number of hydrogen-bond donors (Lipinski definition) is 1. The zero-order valence-electron chi connectivity index (χ0n) is 16.4. The van der Waals surface area contributed by atoms with E-state index in [0.717, 1.165) is 23.1 Å². The fourth-order valence-corrected chi connectivity index (χ4v) is 2.87. The summed E-state index contributed by atoms with van der Waals surface area (Å²) in [5.74, 6) is 0.214. The first-order valence-electron chi connectivity index (χ1n) is 8.71. The largest absolute Gasteiger partial charge is 0.435 e. The fourth-order valence-electron chi connectivity index (χ4n) is 2.46. The van der Waals surface area contributed by atoms with E-state index >= 15 is 0 Å². The van der Waals surface area contributed by atoms with Gasteiger partial charge in [0, 0.05) is 23.3 Å². The molecule has 2 aromatic rings. The number of likely N-dealkylation sites (N-methyl/N-ethyl adjacent to an activating group) is 1. The molecule has 1 N–H and O–H groups in total. The summed E-state index contributed by atoms with van der Waals surface area (Å²) in [6, 6.07) is 6.45. The highest BCUT2D eigenvalue weighted by Gasteiger charge is 2.09. The molecule has 154 valence electrons. The third kappa shape index (κ3) is 8.50. The first-order chi connectivity index (χ1) is 13.1. The normalized spacial score (nSPS) is 10.6. The highest BCUT2D eigenvalue weighted by Crippen LogP contribution is 2.25. The summed E-state index contributed by atoms with van der Waals surface area (Å²) in [5, 5.41) is 8.86. The molecule has 4 nitrogen and oxygen atoms in total. The van der Waals surface area contributed by atoms with Crippen molar-refractivity contribution in [2.24, 2.45) is 0 Å². The third-order valence-corrected chi connectivity index (χ3v) is 4.08. The minimum absolute atomic E-state index is 0.214. The van der Waals surface area contributed by atoms with Gasteiger partial charge in [0.15, 0.2) is 0 Å². The van der Waals surface area contributed by atoms with Crippen molar-refractivity contribution in [3.63, 3.8) is 0 Å². The number of pyridine rings is 1. The maximum Gasteiger partial charge on any atom is 0.387 e. The van der Waals surface area contributed by atoms with Crippen LogP contribution in [-0.2, 0) is 6.42 Å². The van der Waals surface area contributed by atoms with Gasteiger partial charge in [-0.3, -0.25) is 0 Å². The summed E-state index contributed by atoms with van der Waals surface area (Å²) >= 11 is 11.5. The number of benzene rings is 1. The van der Waals surface area contributed by atoms with Gasteiger partial charge in [-0.2, -0.15) is 8.78 Å². The average Bonchev–Trinajstić information content (AvgIpc) is 2.57. The summed E-state index contributed by atoms with van der Waals surface area (Å²) < 4.78 is 28.3. The molecule has 0 saturated heterocycles. The van der Waals surface area contributed by atoms with E-state index in [1.165, 1.54) is 6.07 Å². The van der Waals surface area contributed by atoms with Crippen LogP contribution in [0.1, 0.15) is 30.0 Å². The first-order valence-corrected chi connectivity index (χ1v) is 9.47. The van der Waals surface area contributed by atoms with Crippen molar-refractivity contribution in [1.29, 1.82) is 5.41 Å². The maximum atomic E-state index is 12.0. The van der Waals surface area contributed by atoms with E-state index in [1.54, 1.807) is 24.4 Å². The van der Waals surface area contributed by atoms with Crippen molar-refractivity contribution >= 4 is 28.9 Å². The van der Waals surface area contributed by atoms with Gasteiger partial charge in [0.2, 0.25) is 0 Å². The van der Waals surface area contributed by atoms with Crippen LogP contribution in [0.15, 0.2) is 30.5 Å². The quantitative estimate of drug-likeness (QED) is 0.440. The Balaban J connectivity index is 0.000000280. The average molecular weight is 432 g/mol. The molecule has 1 aromatic carbocycles. The summed E-state index contributed by atoms with van der Waals surface area (Å²) in [5.41, 5.74) is 3.15. The minimum atomic E-state index is -2.79. The van der Waals surface area contributed by atoms with Gasteiger partial charge in [0.1, 0.15) is 10.9 Å². The Hall–Kier alpha value is -1.76. The summed E-state index contributed by atoms with van der Waals surface area (Å²) in [6.45, 7) is 1.73. The Morgan fingerprint density at radius 3 is 2.46 bits per heavy atom. The van der Waals surface area contributed by atoms with Gasteiger partial charge in [-0.15, -0.1) is 0 Å². The predicted molar refractivity (Wildman–Crippen MR) is 111 cm³/mol. The van der Waals surface area contributed by atoms with Crippen LogP contribution in [-0.4, -0.2) is 42.8 Å². The molecule has 0 aliphatic carbocycles. The number of hydrogen-bond acceptors (Lipinski definition) is 4. The predicted octanol–water partition coefficient (Wildman–Crippen LogP) is 5.87. The van der Waals surface area contributed by atoms with E-state index in [2.05, 4.69) is 9.72 Å². The topological polar surface area (TPSA) is 49.2 Å². The molecule has 0 aliphatic rings. The van der Waals surface area contributed by atoms with Crippen LogP contribution in [0.4, 0.5) is 8.78 Å². The van der Waals surface area contributed by atoms with E-state index in [-0.39, 0.29) is 5.75 Å². The molecule has 0 spiro atoms. The van der Waals surface area contributed by atoms with Gasteiger partial charge in [0.05, 0.1) is 5.71 Å². The molecule has 0 atom stereocenters. The first kappa shape index (κ1) is 24.3. The number of ether oxygens (including phenoxy) is 1. The number of nitrogens with zero attached hydrogens (tertiary/aromatic N) is 2. The Morgan fingerprint density at radius 2 is 1.93 bits per heavy atom. The highest BCUT2D eigenvalue weighted by atomic mass is 35.5. The Kier molecular flexibility index (Phi) is 10.4. The van der Waals surface area contributed by atoms with Crippen LogP contribution in [0.3, 0.4) is 0 Å². The van der Waals surface area contributed by atoms with Gasteiger partial charge < -0.3 is 15.0 Å². The highest BCUT2D eigenvalue weighted by molar-refractivity contribution is 6.30. The van der Waals surface area contributed by atoms with Crippen molar-refractivity contribution in [2.45, 2.75) is 33.3 Å². The smallest absolute Gasteiger partial charge is 0.387 e. The van der Waals surface area contributed by atoms with Gasteiger partial charge in [-0.25, -0.2) is 4.98 Å². The van der Waals surface area contributed by atoms with Crippen molar-refractivity contribution < 1.29 is 13.5 Å². The minimum Gasteiger partial charge on any atom is -0.435 e. The fraction of sp³-hybridized carbons (Fsp3) is 0.400. The lowest BCUT2D eigenvalue weighted by atomic mass is 10.1. The lowest BCUT2D eigenvalue weighted by Crippen LogP contribution is -2.22. The lowest BCUT2D eigenvalue weighted by molar-refractivity contribution is -0.0504. The van der Waals surface area contributed by atoms with Gasteiger partial charge in [-0.05, 0) is 62.8 Å². The van der Waals surface area contributed by atoms with Crippen LogP contribution >= 0.6 is 23.2 Å². The Bertz CT molecular complexity index is 786. The molecule has 0 unspecified atom stereocenters. The van der Waals surface area contributed by atoms with Crippen LogP contribution in [0.2, 0.25) is 10.2 Å². The standard InChI is InChI=1S/C10H11ClF2O.C10H14ClN3/c1-2-3-7-6-8(11)4-5-9(7)14-10(12)13;1-7-4-10(11)13-5-8(7)9(12)6-14(2)3/h4-6,10H,2-3H2,1H3;4-5,12H,6H2,1-3H3. The molecule has 1 heterocycles. The second-order valence-electron chi connectivity index (χ2n) is 6.42. The van der Waals surface area contributed by atoms with E-state index in [4.69, 9.17) is 28.6 Å². The molecule has 0 saturated carbocycles. The number of nitrogens with one attached hydrogen (secondary N) is 1. The molecule has 0 amide bonds. The van der Waals surface area contributed by atoms with Crippen molar-refractivity contribution in [3.8, 4) is 5.75 Å². The monoisotopic (exact) mass is 431 g/mol. The summed E-state index contributed by atoms with van der Waals surface area (Å²) in [7, 11) is 3.88. The van der Waals surface area contributed by atoms with E-state index in [9.17, 15) is 8.78 Å². The zero-order valence-corrected chi connectivity index (χ0v) is 17.9. The Labute approximate surface area is 174 Å². The molecule has 0 radical (unpaired) electrons. The molecule has 2 rings (SSSR count). The van der Waals surface area contributed by atoms with Gasteiger partial charge in [-0.1, -0.05) is 36.5 Å². The second kappa shape index (κ2) is 11.9. The lowest BCUT2D eigenvalue weighted by Gasteiger charge is -2.12. The van der Waals surface area contributed by atoms with E-state index < -0.39 is 6.61 Å². The van der Waals surface area contributed by atoms with Crippen molar-refractivity contribution in [1.82, 2.24) is 9.88 Å². The maximum absolute atomic E-state index is 12.0. The number of alkyl halides is 2. The summed E-state index contributed by atoms with van der Waals surface area (Å²) in [6.07, 6.45) is 3.20. The second-order valence-corrected chi connectivity index (χ2v) is 7.24. The number of aromatic nitrogens is 1. The molecular formula is C20H25Cl2F2N3O. The van der Waals surface area contributed by atoms with Crippen LogP contribution in [0.25, 0.3) is 0 Å². The van der Waals surface area contributed by atoms with Crippen molar-refractivity contribution in [3.05, 3.63) is 57.3 Å². The zero-order chi connectivity index (χ0) is 21.3. The molecule has 1 aromatic heterocycles. The van der Waals surface area contributed by atoms with Gasteiger partial charge in [0.25, 0.3) is 0 Å². The molecule has 8 heteroatoms. The van der Waals surface area contributed by atoms with E-state index in [1.807, 2.05) is 32.8 Å². The SMILES string of the molecule is CCCc1cc(Cl)ccc1OC(F)F.Cc1cc(Cl)ncc1C(=N)CN(C)C.